The van der Waals surface area contributed by atoms with E-state index < -0.39 is 11.1 Å². The molecule has 28 heavy (non-hydrogen) atoms. The molecule has 0 unspecified atom stereocenters. The fourth-order valence-corrected chi connectivity index (χ4v) is 3.59. The number of halogens is 1. The summed E-state index contributed by atoms with van der Waals surface area (Å²) in [6.45, 7) is 2.15. The number of carbonyl (C=O) groups excluding carboxylic acids is 2. The summed E-state index contributed by atoms with van der Waals surface area (Å²) in [4.78, 5) is 26.5. The summed E-state index contributed by atoms with van der Waals surface area (Å²) in [6, 6.07) is 13.6. The van der Waals surface area contributed by atoms with E-state index in [1.54, 1.807) is 48.5 Å². The molecule has 2 aromatic rings. The third-order valence-corrected chi connectivity index (χ3v) is 4.82. The number of hydrogen-bond acceptors (Lipinski definition) is 6. The monoisotopic (exact) mass is 414 g/mol. The van der Waals surface area contributed by atoms with Gasteiger partial charge in [-0.1, -0.05) is 23.7 Å². The topological polar surface area (TPSA) is 79.6 Å². The van der Waals surface area contributed by atoms with Gasteiger partial charge in [-0.3, -0.25) is 9.59 Å². The highest BCUT2D eigenvalue weighted by Gasteiger charge is 2.36. The minimum Gasteiger partial charge on any atom is -0.490 e. The van der Waals surface area contributed by atoms with Crippen LogP contribution in [0, 0.1) is 11.3 Å². The second-order valence-electron chi connectivity index (χ2n) is 5.58. The number of nitrogens with zero attached hydrogens (tertiary/aromatic N) is 2. The van der Waals surface area contributed by atoms with Gasteiger partial charge in [0.05, 0.1) is 17.2 Å². The minimum absolute atomic E-state index is 0.0993. The number of thioether (sulfide) groups is 1. The molecule has 0 N–H and O–H groups in total. The van der Waals surface area contributed by atoms with Crippen LogP contribution in [0.1, 0.15) is 12.5 Å². The quantitative estimate of drug-likeness (QED) is 0.626. The van der Waals surface area contributed by atoms with Gasteiger partial charge < -0.3 is 9.47 Å². The largest absolute Gasteiger partial charge is 0.490 e. The Hall–Kier alpha value is -2.95. The Labute approximate surface area is 171 Å². The van der Waals surface area contributed by atoms with Crippen LogP contribution >= 0.6 is 23.4 Å². The lowest BCUT2D eigenvalue weighted by molar-refractivity contribution is -0.113. The van der Waals surface area contributed by atoms with Crippen molar-refractivity contribution in [2.45, 2.75) is 6.92 Å². The second kappa shape index (κ2) is 8.83. The smallest absolute Gasteiger partial charge is 0.298 e. The molecule has 1 fully saturated rings. The summed E-state index contributed by atoms with van der Waals surface area (Å²) in [7, 11) is 0. The number of benzene rings is 2. The first-order valence-corrected chi connectivity index (χ1v) is 9.53. The van der Waals surface area contributed by atoms with Crippen molar-refractivity contribution in [3.63, 3.8) is 0 Å². The number of amides is 2. The molecule has 1 saturated heterocycles. The average Bonchev–Trinajstić information content (AvgIpc) is 2.94. The molecule has 142 valence electrons. The van der Waals surface area contributed by atoms with Crippen molar-refractivity contribution in [2.75, 3.05) is 18.1 Å². The maximum absolute atomic E-state index is 12.7. The molecule has 0 saturated carbocycles. The van der Waals surface area contributed by atoms with E-state index >= 15 is 0 Å². The summed E-state index contributed by atoms with van der Waals surface area (Å²) in [5.74, 6) is 0.480. The standard InChI is InChI=1S/C20H15ClN2O4S/c1-2-26-17-10-13(6-7-16(17)27-9-8-22)11-18-19(24)23(20(25)28-18)15-5-3-4-14(21)12-15/h3-7,10-12H,2,9H2,1H3/b18-11+. The molecule has 1 aliphatic heterocycles. The zero-order valence-corrected chi connectivity index (χ0v) is 16.4. The van der Waals surface area contributed by atoms with Gasteiger partial charge in [0.15, 0.2) is 18.1 Å². The highest BCUT2D eigenvalue weighted by Crippen LogP contribution is 2.37. The van der Waals surface area contributed by atoms with Crippen molar-refractivity contribution in [3.05, 3.63) is 58.0 Å². The summed E-state index contributed by atoms with van der Waals surface area (Å²) in [5.41, 5.74) is 1.10. The maximum atomic E-state index is 12.7. The molecule has 2 amide bonds. The van der Waals surface area contributed by atoms with E-state index in [4.69, 9.17) is 26.3 Å². The van der Waals surface area contributed by atoms with Crippen molar-refractivity contribution in [2.24, 2.45) is 0 Å². The highest BCUT2D eigenvalue weighted by molar-refractivity contribution is 8.19. The molecule has 0 aromatic heterocycles. The Morgan fingerprint density at radius 1 is 1.18 bits per heavy atom. The average molecular weight is 415 g/mol. The maximum Gasteiger partial charge on any atom is 0.298 e. The van der Waals surface area contributed by atoms with Crippen LogP contribution in [-0.2, 0) is 4.79 Å². The minimum atomic E-state index is -0.417. The van der Waals surface area contributed by atoms with Crippen LogP contribution in [0.5, 0.6) is 11.5 Å². The Balaban J connectivity index is 1.89. The summed E-state index contributed by atoms with van der Waals surface area (Å²) in [6.07, 6.45) is 1.62. The molecular weight excluding hydrogens is 400 g/mol. The normalized spacial score (nSPS) is 15.0. The first-order chi connectivity index (χ1) is 13.5. The van der Waals surface area contributed by atoms with E-state index in [2.05, 4.69) is 0 Å². The highest BCUT2D eigenvalue weighted by atomic mass is 35.5. The predicted molar refractivity (Wildman–Crippen MR) is 109 cm³/mol. The number of hydrogen-bond donors (Lipinski definition) is 0. The fraction of sp³-hybridized carbons (Fsp3) is 0.150. The molecule has 8 heteroatoms. The van der Waals surface area contributed by atoms with Crippen LogP contribution in [0.2, 0.25) is 5.02 Å². The summed E-state index contributed by atoms with van der Waals surface area (Å²) < 4.78 is 10.9. The van der Waals surface area contributed by atoms with Crippen LogP contribution in [0.25, 0.3) is 6.08 Å². The van der Waals surface area contributed by atoms with E-state index in [-0.39, 0.29) is 11.5 Å². The molecule has 3 rings (SSSR count). The first-order valence-electron chi connectivity index (χ1n) is 8.33. The van der Waals surface area contributed by atoms with Crippen molar-refractivity contribution in [1.29, 1.82) is 5.26 Å². The van der Waals surface area contributed by atoms with Gasteiger partial charge in [-0.05, 0) is 60.7 Å². The van der Waals surface area contributed by atoms with Gasteiger partial charge >= 0.3 is 0 Å². The van der Waals surface area contributed by atoms with E-state index in [1.807, 2.05) is 13.0 Å². The number of ether oxygens (including phenoxy) is 2. The number of carbonyl (C=O) groups is 2. The summed E-state index contributed by atoms with van der Waals surface area (Å²) in [5, 5.41) is 8.72. The lowest BCUT2D eigenvalue weighted by Gasteiger charge is -2.12. The van der Waals surface area contributed by atoms with E-state index in [1.165, 1.54) is 0 Å². The van der Waals surface area contributed by atoms with Gasteiger partial charge in [0, 0.05) is 5.02 Å². The lowest BCUT2D eigenvalue weighted by Crippen LogP contribution is -2.27. The molecule has 1 aliphatic rings. The van der Waals surface area contributed by atoms with Gasteiger partial charge in [-0.15, -0.1) is 0 Å². The molecule has 0 aliphatic carbocycles. The first kappa shape index (κ1) is 19.8. The van der Waals surface area contributed by atoms with Gasteiger partial charge in [-0.25, -0.2) is 4.90 Å². The Kier molecular flexibility index (Phi) is 6.24. The molecule has 0 spiro atoms. The van der Waals surface area contributed by atoms with Gasteiger partial charge in [0.2, 0.25) is 0 Å². The van der Waals surface area contributed by atoms with E-state index in [0.29, 0.717) is 34.4 Å². The molecule has 0 radical (unpaired) electrons. The third kappa shape index (κ3) is 4.30. The van der Waals surface area contributed by atoms with E-state index in [9.17, 15) is 9.59 Å². The summed E-state index contributed by atoms with van der Waals surface area (Å²) >= 11 is 6.82. The van der Waals surface area contributed by atoms with Crippen molar-refractivity contribution in [1.82, 2.24) is 0 Å². The molecule has 6 nitrogen and oxygen atoms in total. The zero-order chi connectivity index (χ0) is 20.1. The number of anilines is 1. The zero-order valence-electron chi connectivity index (χ0n) is 14.8. The van der Waals surface area contributed by atoms with Crippen LogP contribution in [-0.4, -0.2) is 24.4 Å². The molecule has 0 bridgehead atoms. The lowest BCUT2D eigenvalue weighted by atomic mass is 10.1. The SMILES string of the molecule is CCOc1cc(/C=C2/SC(=O)N(c3cccc(Cl)c3)C2=O)ccc1OCC#N. The number of imide groups is 1. The van der Waals surface area contributed by atoms with Crippen LogP contribution in [0.15, 0.2) is 47.4 Å². The Morgan fingerprint density at radius 3 is 2.71 bits per heavy atom. The number of nitriles is 1. The van der Waals surface area contributed by atoms with Crippen molar-refractivity contribution < 1.29 is 19.1 Å². The number of rotatable bonds is 6. The second-order valence-corrected chi connectivity index (χ2v) is 7.01. The van der Waals surface area contributed by atoms with Gasteiger partial charge in [0.1, 0.15) is 6.07 Å². The van der Waals surface area contributed by atoms with Gasteiger partial charge in [-0.2, -0.15) is 5.26 Å². The van der Waals surface area contributed by atoms with E-state index in [0.717, 1.165) is 16.7 Å². The molecule has 0 atom stereocenters. The van der Waals surface area contributed by atoms with Crippen molar-refractivity contribution >= 4 is 46.3 Å². The Morgan fingerprint density at radius 2 is 2.00 bits per heavy atom. The fourth-order valence-electron chi connectivity index (χ4n) is 2.57. The Bertz CT molecular complexity index is 1000. The van der Waals surface area contributed by atoms with Gasteiger partial charge in [0.25, 0.3) is 11.1 Å². The van der Waals surface area contributed by atoms with Crippen LogP contribution in [0.3, 0.4) is 0 Å². The van der Waals surface area contributed by atoms with Crippen LogP contribution < -0.4 is 14.4 Å². The van der Waals surface area contributed by atoms with Crippen LogP contribution in [0.4, 0.5) is 10.5 Å². The van der Waals surface area contributed by atoms with Crippen molar-refractivity contribution in [3.8, 4) is 17.6 Å². The molecule has 1 heterocycles. The molecule has 2 aromatic carbocycles. The third-order valence-electron chi connectivity index (χ3n) is 3.72. The predicted octanol–water partition coefficient (Wildman–Crippen LogP) is 4.88. The molecular formula is C20H15ClN2O4S.